The van der Waals surface area contributed by atoms with Crippen molar-refractivity contribution in [3.63, 3.8) is 0 Å². The van der Waals surface area contributed by atoms with E-state index in [4.69, 9.17) is 16.7 Å². The van der Waals surface area contributed by atoms with Gasteiger partial charge in [-0.3, -0.25) is 0 Å². The summed E-state index contributed by atoms with van der Waals surface area (Å²) in [5.74, 6) is -1.57. The van der Waals surface area contributed by atoms with Crippen LogP contribution in [0.3, 0.4) is 0 Å². The zero-order valence-electron chi connectivity index (χ0n) is 8.25. The van der Waals surface area contributed by atoms with Crippen LogP contribution in [0.2, 0.25) is 5.02 Å². The van der Waals surface area contributed by atoms with E-state index in [1.165, 1.54) is 0 Å². The third-order valence-corrected chi connectivity index (χ3v) is 2.40. The van der Waals surface area contributed by atoms with Gasteiger partial charge in [-0.15, -0.1) is 15.0 Å². The molecule has 1 aromatic heterocycles. The largest absolute Gasteiger partial charge is 0.475 e. The molecule has 6 nitrogen and oxygen atoms in total. The normalized spacial score (nSPS) is 10.4. The second-order valence-corrected chi connectivity index (χ2v) is 3.55. The maximum atomic E-state index is 10.6. The monoisotopic (exact) mass is 238 g/mol. The van der Waals surface area contributed by atoms with Gasteiger partial charge in [0.2, 0.25) is 0 Å². The molecule has 0 fully saturated rings. The minimum atomic E-state index is -1.22. The summed E-state index contributed by atoms with van der Waals surface area (Å²) in [6, 6.07) is 5.17. The van der Waals surface area contributed by atoms with Crippen molar-refractivity contribution in [2.45, 2.75) is 6.92 Å². The van der Waals surface area contributed by atoms with E-state index in [9.17, 15) is 4.79 Å². The maximum absolute atomic E-state index is 10.6. The number of benzene rings is 1. The molecule has 0 saturated heterocycles. The van der Waals surface area contributed by atoms with E-state index in [1.54, 1.807) is 18.2 Å². The van der Waals surface area contributed by atoms with E-state index in [-0.39, 0.29) is 5.82 Å². The summed E-state index contributed by atoms with van der Waals surface area (Å²) in [4.78, 5) is 11.7. The molecule has 1 N–H and O–H groups in total. The third kappa shape index (κ3) is 1.87. The van der Waals surface area contributed by atoms with E-state index in [1.807, 2.05) is 6.92 Å². The number of halogens is 1. The molecule has 1 heterocycles. The first-order chi connectivity index (χ1) is 7.58. The zero-order chi connectivity index (χ0) is 11.7. The van der Waals surface area contributed by atoms with Crippen molar-refractivity contribution in [1.29, 1.82) is 0 Å². The van der Waals surface area contributed by atoms with Gasteiger partial charge in [0, 0.05) is 5.02 Å². The van der Waals surface area contributed by atoms with Gasteiger partial charge in [-0.1, -0.05) is 17.7 Å². The maximum Gasteiger partial charge on any atom is 0.377 e. The Morgan fingerprint density at radius 2 is 2.25 bits per heavy atom. The number of carboxylic acid groups (broad SMARTS) is 1. The van der Waals surface area contributed by atoms with Crippen molar-refractivity contribution in [2.75, 3.05) is 0 Å². The number of hydrogen-bond donors (Lipinski definition) is 1. The molecular formula is C9H7ClN4O2. The summed E-state index contributed by atoms with van der Waals surface area (Å²) in [5.41, 5.74) is 1.49. The first-order valence-corrected chi connectivity index (χ1v) is 4.75. The molecule has 2 aromatic rings. The van der Waals surface area contributed by atoms with E-state index in [0.29, 0.717) is 10.7 Å². The quantitative estimate of drug-likeness (QED) is 0.853. The molecule has 0 saturated carbocycles. The van der Waals surface area contributed by atoms with Crippen LogP contribution in [-0.2, 0) is 0 Å². The smallest absolute Gasteiger partial charge is 0.377 e. The number of nitrogens with zero attached hydrogens (tertiary/aromatic N) is 4. The van der Waals surface area contributed by atoms with Crippen molar-refractivity contribution in [3.8, 4) is 5.69 Å². The highest BCUT2D eigenvalue weighted by molar-refractivity contribution is 6.31. The summed E-state index contributed by atoms with van der Waals surface area (Å²) in [6.45, 7) is 1.86. The molecule has 0 unspecified atom stereocenters. The molecule has 1 aromatic carbocycles. The fourth-order valence-electron chi connectivity index (χ4n) is 1.12. The molecule has 0 amide bonds. The molecular weight excluding hydrogens is 232 g/mol. The Morgan fingerprint density at radius 3 is 2.81 bits per heavy atom. The van der Waals surface area contributed by atoms with Gasteiger partial charge in [-0.2, -0.15) is 0 Å². The highest BCUT2D eigenvalue weighted by atomic mass is 35.5. The van der Waals surface area contributed by atoms with E-state index >= 15 is 0 Å². The summed E-state index contributed by atoms with van der Waals surface area (Å²) in [5, 5.41) is 19.9. The van der Waals surface area contributed by atoms with Crippen molar-refractivity contribution in [2.24, 2.45) is 0 Å². The lowest BCUT2D eigenvalue weighted by molar-refractivity contribution is 0.0683. The van der Waals surface area contributed by atoms with Crippen LogP contribution in [0.25, 0.3) is 5.69 Å². The first-order valence-electron chi connectivity index (χ1n) is 4.38. The molecule has 2 rings (SSSR count). The first kappa shape index (κ1) is 10.6. The number of carbonyl (C=O) groups is 1. The molecule has 0 atom stereocenters. The van der Waals surface area contributed by atoms with Crippen LogP contribution in [0.1, 0.15) is 16.2 Å². The van der Waals surface area contributed by atoms with Crippen LogP contribution in [0.15, 0.2) is 18.2 Å². The molecule has 0 aliphatic carbocycles. The fourth-order valence-corrected chi connectivity index (χ4v) is 1.29. The van der Waals surface area contributed by atoms with Gasteiger partial charge < -0.3 is 5.11 Å². The van der Waals surface area contributed by atoms with Crippen LogP contribution >= 0.6 is 11.6 Å². The molecule has 0 bridgehead atoms. The second-order valence-electron chi connectivity index (χ2n) is 3.14. The predicted octanol–water partition coefficient (Wildman–Crippen LogP) is 1.32. The Bertz CT molecular complexity index is 552. The summed E-state index contributed by atoms with van der Waals surface area (Å²) in [7, 11) is 0. The summed E-state index contributed by atoms with van der Waals surface area (Å²) < 4.78 is 0. The van der Waals surface area contributed by atoms with Gasteiger partial charge in [-0.25, -0.2) is 4.79 Å². The predicted molar refractivity (Wildman–Crippen MR) is 55.9 cm³/mol. The van der Waals surface area contributed by atoms with Gasteiger partial charge in [0.25, 0.3) is 5.82 Å². The highest BCUT2D eigenvalue weighted by Crippen LogP contribution is 2.18. The van der Waals surface area contributed by atoms with Crippen LogP contribution in [0.4, 0.5) is 0 Å². The number of aromatic nitrogens is 4. The SMILES string of the molecule is Cc1ccc(-n2nnc(C(=O)O)n2)cc1Cl. The molecule has 82 valence electrons. The molecule has 0 radical (unpaired) electrons. The second kappa shape index (κ2) is 3.90. The van der Waals surface area contributed by atoms with Gasteiger partial charge in [0.15, 0.2) is 0 Å². The Kier molecular flexibility index (Phi) is 2.57. The van der Waals surface area contributed by atoms with Crippen LogP contribution in [-0.4, -0.2) is 31.3 Å². The number of carboxylic acids is 1. The Balaban J connectivity index is 2.42. The standard InChI is InChI=1S/C9H7ClN4O2/c1-5-2-3-6(4-7(5)10)14-12-8(9(15)16)11-13-14/h2-4H,1H3,(H,15,16). The molecule has 0 aliphatic heterocycles. The number of hydrogen-bond acceptors (Lipinski definition) is 4. The number of tetrazole rings is 1. The topological polar surface area (TPSA) is 80.9 Å². The summed E-state index contributed by atoms with van der Waals surface area (Å²) in [6.07, 6.45) is 0. The van der Waals surface area contributed by atoms with Gasteiger partial charge in [0.1, 0.15) is 0 Å². The van der Waals surface area contributed by atoms with E-state index in [0.717, 1.165) is 10.4 Å². The molecule has 16 heavy (non-hydrogen) atoms. The van der Waals surface area contributed by atoms with Crippen molar-refractivity contribution in [1.82, 2.24) is 20.2 Å². The third-order valence-electron chi connectivity index (χ3n) is 1.99. The van der Waals surface area contributed by atoms with Crippen molar-refractivity contribution < 1.29 is 9.90 Å². The Labute approximate surface area is 95.5 Å². The summed E-state index contributed by atoms with van der Waals surface area (Å²) >= 11 is 5.93. The van der Waals surface area contributed by atoms with E-state index < -0.39 is 5.97 Å². The van der Waals surface area contributed by atoms with Crippen LogP contribution < -0.4 is 0 Å². The Morgan fingerprint density at radius 1 is 1.50 bits per heavy atom. The lowest BCUT2D eigenvalue weighted by Crippen LogP contribution is -2.02. The zero-order valence-corrected chi connectivity index (χ0v) is 9.01. The highest BCUT2D eigenvalue weighted by Gasteiger charge is 2.11. The van der Waals surface area contributed by atoms with E-state index in [2.05, 4.69) is 15.4 Å². The van der Waals surface area contributed by atoms with Crippen molar-refractivity contribution in [3.05, 3.63) is 34.6 Å². The van der Waals surface area contributed by atoms with Crippen molar-refractivity contribution >= 4 is 17.6 Å². The molecule has 0 aliphatic rings. The number of rotatable bonds is 2. The molecule has 7 heteroatoms. The number of aryl methyl sites for hydroxylation is 1. The molecule has 0 spiro atoms. The minimum absolute atomic E-state index is 0.350. The average molecular weight is 239 g/mol. The Hall–Kier alpha value is -1.95. The van der Waals surface area contributed by atoms with Gasteiger partial charge >= 0.3 is 5.97 Å². The van der Waals surface area contributed by atoms with Crippen LogP contribution in [0.5, 0.6) is 0 Å². The van der Waals surface area contributed by atoms with Crippen LogP contribution in [0, 0.1) is 6.92 Å². The number of aromatic carboxylic acids is 1. The lowest BCUT2D eigenvalue weighted by atomic mass is 10.2. The fraction of sp³-hybridized carbons (Fsp3) is 0.111. The van der Waals surface area contributed by atoms with Gasteiger partial charge in [0.05, 0.1) is 5.69 Å². The minimum Gasteiger partial charge on any atom is -0.475 e. The lowest BCUT2D eigenvalue weighted by Gasteiger charge is -2.00. The van der Waals surface area contributed by atoms with Gasteiger partial charge in [-0.05, 0) is 29.8 Å². The average Bonchev–Trinajstić information content (AvgIpc) is 2.71.